The molecule has 0 saturated heterocycles. The van der Waals surface area contributed by atoms with E-state index in [4.69, 9.17) is 10.8 Å². The third-order valence-electron chi connectivity index (χ3n) is 1.42. The van der Waals surface area contributed by atoms with Crippen molar-refractivity contribution >= 4 is 5.97 Å². The fourth-order valence-corrected chi connectivity index (χ4v) is 0.739. The summed E-state index contributed by atoms with van der Waals surface area (Å²) in [5, 5.41) is 8.35. The van der Waals surface area contributed by atoms with E-state index in [1.54, 1.807) is 6.08 Å². The molecule has 0 atom stereocenters. The maximum atomic E-state index is 10.2. The molecule has 3 heteroatoms. The zero-order valence-corrected chi connectivity index (χ0v) is 6.84. The Kier molecular flexibility index (Phi) is 5.25. The second kappa shape index (κ2) is 5.77. The molecule has 0 heterocycles. The smallest absolute Gasteiger partial charge is 0.351 e. The molecule has 0 fully saturated rings. The Hall–Kier alpha value is -0.990. The Morgan fingerprint density at radius 2 is 2.18 bits per heavy atom. The second-order valence-electron chi connectivity index (χ2n) is 2.46. The summed E-state index contributed by atoms with van der Waals surface area (Å²) in [6.07, 6.45) is 5.62. The highest BCUT2D eigenvalue weighted by atomic mass is 16.4. The number of hydrogen-bond acceptors (Lipinski definition) is 2. The van der Waals surface area contributed by atoms with Crippen LogP contribution in [0.4, 0.5) is 0 Å². The van der Waals surface area contributed by atoms with Gasteiger partial charge in [-0.1, -0.05) is 25.8 Å². The molecule has 3 nitrogen and oxygen atoms in total. The summed E-state index contributed by atoms with van der Waals surface area (Å²) in [6.45, 7) is 2.10. The van der Waals surface area contributed by atoms with Crippen LogP contribution in [0.2, 0.25) is 0 Å². The van der Waals surface area contributed by atoms with Crippen molar-refractivity contribution in [2.24, 2.45) is 5.73 Å². The SMILES string of the molecule is CCCCCC=C(N)C(=O)O. The fraction of sp³-hybridized carbons (Fsp3) is 0.625. The molecule has 0 aliphatic rings. The molecule has 0 unspecified atom stereocenters. The predicted molar refractivity (Wildman–Crippen MR) is 44.0 cm³/mol. The van der Waals surface area contributed by atoms with Gasteiger partial charge in [-0.15, -0.1) is 0 Å². The number of unbranched alkanes of at least 4 members (excludes halogenated alkanes) is 3. The van der Waals surface area contributed by atoms with Crippen LogP contribution in [0.5, 0.6) is 0 Å². The van der Waals surface area contributed by atoms with E-state index in [9.17, 15) is 4.79 Å². The first-order chi connectivity index (χ1) is 5.18. The molecule has 0 saturated carbocycles. The predicted octanol–water partition coefficient (Wildman–Crippen LogP) is 1.49. The van der Waals surface area contributed by atoms with Crippen molar-refractivity contribution in [2.75, 3.05) is 0 Å². The molecule has 0 radical (unpaired) electrons. The molecule has 0 aliphatic heterocycles. The maximum absolute atomic E-state index is 10.2. The van der Waals surface area contributed by atoms with Crippen LogP contribution in [0, 0.1) is 0 Å². The van der Waals surface area contributed by atoms with Crippen molar-refractivity contribution in [1.82, 2.24) is 0 Å². The van der Waals surface area contributed by atoms with E-state index >= 15 is 0 Å². The van der Waals surface area contributed by atoms with Crippen LogP contribution < -0.4 is 5.73 Å². The van der Waals surface area contributed by atoms with Crippen molar-refractivity contribution in [3.05, 3.63) is 11.8 Å². The summed E-state index contributed by atoms with van der Waals surface area (Å²) < 4.78 is 0. The van der Waals surface area contributed by atoms with Crippen LogP contribution in [0.1, 0.15) is 32.6 Å². The van der Waals surface area contributed by atoms with Gasteiger partial charge in [0.15, 0.2) is 0 Å². The van der Waals surface area contributed by atoms with Gasteiger partial charge in [0.25, 0.3) is 0 Å². The fourth-order valence-electron chi connectivity index (χ4n) is 0.739. The van der Waals surface area contributed by atoms with E-state index in [-0.39, 0.29) is 5.70 Å². The van der Waals surface area contributed by atoms with Gasteiger partial charge in [0.2, 0.25) is 0 Å². The Morgan fingerprint density at radius 1 is 1.55 bits per heavy atom. The van der Waals surface area contributed by atoms with Crippen LogP contribution in [0.25, 0.3) is 0 Å². The van der Waals surface area contributed by atoms with Crippen molar-refractivity contribution < 1.29 is 9.90 Å². The number of rotatable bonds is 5. The lowest BCUT2D eigenvalue weighted by atomic mass is 10.2. The molecule has 0 spiro atoms. The highest BCUT2D eigenvalue weighted by Crippen LogP contribution is 2.00. The van der Waals surface area contributed by atoms with Gasteiger partial charge >= 0.3 is 5.97 Å². The Bertz CT molecular complexity index is 152. The van der Waals surface area contributed by atoms with Gasteiger partial charge in [-0.25, -0.2) is 4.79 Å². The Balaban J connectivity index is 3.48. The number of nitrogens with two attached hydrogens (primary N) is 1. The summed E-state index contributed by atoms with van der Waals surface area (Å²) in [7, 11) is 0. The van der Waals surface area contributed by atoms with Crippen molar-refractivity contribution in [3.63, 3.8) is 0 Å². The first-order valence-corrected chi connectivity index (χ1v) is 3.87. The molecule has 3 N–H and O–H groups in total. The van der Waals surface area contributed by atoms with Crippen LogP contribution >= 0.6 is 0 Å². The van der Waals surface area contributed by atoms with Crippen molar-refractivity contribution in [3.8, 4) is 0 Å². The molecule has 64 valence electrons. The molecular formula is C8H15NO2. The third-order valence-corrected chi connectivity index (χ3v) is 1.42. The van der Waals surface area contributed by atoms with Gasteiger partial charge in [-0.3, -0.25) is 0 Å². The van der Waals surface area contributed by atoms with E-state index in [1.165, 1.54) is 0 Å². The minimum Gasteiger partial charge on any atom is -0.477 e. The molecule has 0 aromatic heterocycles. The first kappa shape index (κ1) is 10.0. The standard InChI is InChI=1S/C8H15NO2/c1-2-3-4-5-6-7(9)8(10)11/h6H,2-5,9H2,1H3,(H,10,11). The molecule has 0 aromatic carbocycles. The summed E-state index contributed by atoms with van der Waals surface area (Å²) in [5.74, 6) is -1.03. The lowest BCUT2D eigenvalue weighted by Crippen LogP contribution is -2.09. The summed E-state index contributed by atoms with van der Waals surface area (Å²) >= 11 is 0. The third kappa shape index (κ3) is 5.45. The lowest BCUT2D eigenvalue weighted by Gasteiger charge is -1.94. The Morgan fingerprint density at radius 3 is 2.64 bits per heavy atom. The molecule has 0 aromatic rings. The number of carbonyl (C=O) groups is 1. The number of carboxylic acids is 1. The topological polar surface area (TPSA) is 63.3 Å². The van der Waals surface area contributed by atoms with E-state index < -0.39 is 5.97 Å². The van der Waals surface area contributed by atoms with Crippen molar-refractivity contribution in [2.45, 2.75) is 32.6 Å². The number of aliphatic carboxylic acids is 1. The quantitative estimate of drug-likeness (QED) is 0.469. The van der Waals surface area contributed by atoms with Gasteiger partial charge in [0.1, 0.15) is 5.70 Å². The monoisotopic (exact) mass is 157 g/mol. The summed E-state index contributed by atoms with van der Waals surface area (Å²) in [4.78, 5) is 10.2. The maximum Gasteiger partial charge on any atom is 0.351 e. The largest absolute Gasteiger partial charge is 0.477 e. The number of hydrogen-bond donors (Lipinski definition) is 2. The van der Waals surface area contributed by atoms with E-state index in [2.05, 4.69) is 6.92 Å². The minimum atomic E-state index is -1.03. The van der Waals surface area contributed by atoms with Gasteiger partial charge in [0.05, 0.1) is 0 Å². The normalized spacial score (nSPS) is 11.5. The minimum absolute atomic E-state index is 0.0406. The van der Waals surface area contributed by atoms with Crippen LogP contribution in [0.3, 0.4) is 0 Å². The lowest BCUT2D eigenvalue weighted by molar-refractivity contribution is -0.132. The van der Waals surface area contributed by atoms with Gasteiger partial charge < -0.3 is 10.8 Å². The van der Waals surface area contributed by atoms with E-state index in [1.807, 2.05) is 0 Å². The zero-order valence-electron chi connectivity index (χ0n) is 6.84. The number of allylic oxidation sites excluding steroid dienone is 1. The molecule has 11 heavy (non-hydrogen) atoms. The van der Waals surface area contributed by atoms with E-state index in [0.29, 0.717) is 0 Å². The molecule has 0 amide bonds. The van der Waals surface area contributed by atoms with Gasteiger partial charge in [-0.05, 0) is 12.8 Å². The molecule has 0 rings (SSSR count). The zero-order chi connectivity index (χ0) is 8.69. The highest BCUT2D eigenvalue weighted by molar-refractivity contribution is 5.85. The average Bonchev–Trinajstić information content (AvgIpc) is 1.97. The molecular weight excluding hydrogens is 142 g/mol. The van der Waals surface area contributed by atoms with Gasteiger partial charge in [-0.2, -0.15) is 0 Å². The molecule has 0 aliphatic carbocycles. The van der Waals surface area contributed by atoms with Crippen molar-refractivity contribution in [1.29, 1.82) is 0 Å². The van der Waals surface area contributed by atoms with E-state index in [0.717, 1.165) is 25.7 Å². The highest BCUT2D eigenvalue weighted by Gasteiger charge is 1.97. The van der Waals surface area contributed by atoms with Crippen LogP contribution in [0.15, 0.2) is 11.8 Å². The van der Waals surface area contributed by atoms with Gasteiger partial charge in [0, 0.05) is 0 Å². The molecule has 0 bridgehead atoms. The second-order valence-corrected chi connectivity index (χ2v) is 2.46. The average molecular weight is 157 g/mol. The Labute approximate surface area is 66.9 Å². The van der Waals surface area contributed by atoms with Crippen LogP contribution in [-0.4, -0.2) is 11.1 Å². The van der Waals surface area contributed by atoms with Crippen LogP contribution in [-0.2, 0) is 4.79 Å². The summed E-state index contributed by atoms with van der Waals surface area (Å²) in [6, 6.07) is 0. The first-order valence-electron chi connectivity index (χ1n) is 3.87. The number of carboxylic acid groups (broad SMARTS) is 1. The summed E-state index contributed by atoms with van der Waals surface area (Å²) in [5.41, 5.74) is 5.12.